The standard InChI is InChI=1S/C22H17F7N4O2/c23-15-8-12(7-14(10-15)22(27,28)29)9-18(34)31-33-19(35)16-4-3-13(21(24,25)26)11-17(16)30-20(33)32-5-1-2-6-32/h3-4,7-8,10-11H,1-2,5-6,9H2,(H,31,34). The van der Waals surface area contributed by atoms with Crippen LogP contribution in [0.2, 0.25) is 0 Å². The maximum Gasteiger partial charge on any atom is 0.416 e. The van der Waals surface area contributed by atoms with Crippen LogP contribution < -0.4 is 15.9 Å². The van der Waals surface area contributed by atoms with E-state index in [0.29, 0.717) is 44.1 Å². The Labute approximate surface area is 192 Å². The van der Waals surface area contributed by atoms with Gasteiger partial charge < -0.3 is 4.90 Å². The normalized spacial score (nSPS) is 14.5. The average molecular weight is 502 g/mol. The highest BCUT2D eigenvalue weighted by Crippen LogP contribution is 2.32. The lowest BCUT2D eigenvalue weighted by molar-refractivity contribution is -0.138. The summed E-state index contributed by atoms with van der Waals surface area (Å²) in [6.07, 6.45) is -8.75. The third-order valence-corrected chi connectivity index (χ3v) is 5.45. The van der Waals surface area contributed by atoms with Gasteiger partial charge in [0.2, 0.25) is 11.9 Å². The number of halogens is 7. The molecule has 1 N–H and O–H groups in total. The largest absolute Gasteiger partial charge is 0.416 e. The summed E-state index contributed by atoms with van der Waals surface area (Å²) in [5.74, 6) is -2.24. The van der Waals surface area contributed by atoms with E-state index in [2.05, 4.69) is 10.4 Å². The van der Waals surface area contributed by atoms with Crippen LogP contribution in [0.1, 0.15) is 29.5 Å². The summed E-state index contributed by atoms with van der Waals surface area (Å²) in [5, 5.41) is -0.202. The van der Waals surface area contributed by atoms with Crippen molar-refractivity contribution < 1.29 is 35.5 Å². The fourth-order valence-corrected chi connectivity index (χ4v) is 3.85. The van der Waals surface area contributed by atoms with Crippen molar-refractivity contribution in [1.82, 2.24) is 9.66 Å². The van der Waals surface area contributed by atoms with Crippen molar-refractivity contribution in [2.45, 2.75) is 31.6 Å². The molecule has 1 fully saturated rings. The van der Waals surface area contributed by atoms with Crippen LogP contribution in [0.15, 0.2) is 41.2 Å². The first kappa shape index (κ1) is 24.5. The van der Waals surface area contributed by atoms with E-state index < -0.39 is 47.2 Å². The Morgan fingerprint density at radius 2 is 1.60 bits per heavy atom. The smallest absolute Gasteiger partial charge is 0.341 e. The first-order valence-corrected chi connectivity index (χ1v) is 10.4. The average Bonchev–Trinajstić information content (AvgIpc) is 3.28. The van der Waals surface area contributed by atoms with Crippen LogP contribution in [-0.2, 0) is 23.6 Å². The van der Waals surface area contributed by atoms with Crippen molar-refractivity contribution >= 4 is 22.8 Å². The van der Waals surface area contributed by atoms with Crippen LogP contribution >= 0.6 is 0 Å². The highest BCUT2D eigenvalue weighted by atomic mass is 19.4. The van der Waals surface area contributed by atoms with Gasteiger partial charge in [-0.2, -0.15) is 31.0 Å². The highest BCUT2D eigenvalue weighted by molar-refractivity contribution is 5.87. The minimum absolute atomic E-state index is 0.108. The molecule has 6 nitrogen and oxygen atoms in total. The molecule has 0 radical (unpaired) electrons. The first-order valence-electron chi connectivity index (χ1n) is 10.4. The van der Waals surface area contributed by atoms with E-state index in [0.717, 1.165) is 22.9 Å². The Morgan fingerprint density at radius 3 is 2.23 bits per heavy atom. The third-order valence-electron chi connectivity index (χ3n) is 5.45. The van der Waals surface area contributed by atoms with Crippen LogP contribution in [0.3, 0.4) is 0 Å². The Balaban J connectivity index is 1.72. The second-order valence-electron chi connectivity index (χ2n) is 8.03. The van der Waals surface area contributed by atoms with Crippen molar-refractivity contribution in [2.24, 2.45) is 0 Å². The van der Waals surface area contributed by atoms with Crippen molar-refractivity contribution in [2.75, 3.05) is 23.4 Å². The maximum atomic E-state index is 13.7. The van der Waals surface area contributed by atoms with E-state index in [1.807, 2.05) is 0 Å². The monoisotopic (exact) mass is 502 g/mol. The number of rotatable bonds is 4. The lowest BCUT2D eigenvalue weighted by atomic mass is 10.1. The number of nitrogens with one attached hydrogen (secondary N) is 1. The van der Waals surface area contributed by atoms with Crippen LogP contribution in [-0.4, -0.2) is 28.7 Å². The Morgan fingerprint density at radius 1 is 0.943 bits per heavy atom. The molecule has 0 spiro atoms. The lowest BCUT2D eigenvalue weighted by Crippen LogP contribution is -2.39. The van der Waals surface area contributed by atoms with Gasteiger partial charge in [0.25, 0.3) is 5.56 Å². The Kier molecular flexibility index (Phi) is 6.20. The van der Waals surface area contributed by atoms with Crippen molar-refractivity contribution in [3.63, 3.8) is 0 Å². The molecular formula is C22H17F7N4O2. The number of hydrogen-bond donors (Lipinski definition) is 1. The number of fused-ring (bicyclic) bond motifs is 1. The number of nitrogens with zero attached hydrogens (tertiary/aromatic N) is 3. The summed E-state index contributed by atoms with van der Waals surface area (Å²) in [6.45, 7) is 0.844. The first-order chi connectivity index (χ1) is 16.3. The summed E-state index contributed by atoms with van der Waals surface area (Å²) in [4.78, 5) is 31.5. The number of alkyl halides is 6. The van der Waals surface area contributed by atoms with E-state index in [9.17, 15) is 40.3 Å². The second kappa shape index (κ2) is 8.86. The SMILES string of the molecule is O=C(Cc1cc(F)cc(C(F)(F)F)c1)Nn1c(N2CCCC2)nc2cc(C(F)(F)F)ccc2c1=O. The van der Waals surface area contributed by atoms with E-state index in [4.69, 9.17) is 0 Å². The van der Waals surface area contributed by atoms with Crippen LogP contribution in [0.5, 0.6) is 0 Å². The molecule has 1 aliphatic rings. The predicted octanol–water partition coefficient (Wildman–Crippen LogP) is 4.49. The van der Waals surface area contributed by atoms with Gasteiger partial charge in [0.1, 0.15) is 5.82 Å². The van der Waals surface area contributed by atoms with Crippen molar-refractivity contribution in [3.8, 4) is 0 Å². The number of hydrogen-bond acceptors (Lipinski definition) is 4. The van der Waals surface area contributed by atoms with Gasteiger partial charge in [0.15, 0.2) is 0 Å². The molecule has 0 atom stereocenters. The zero-order chi connectivity index (χ0) is 25.5. The van der Waals surface area contributed by atoms with E-state index in [1.54, 1.807) is 4.90 Å². The Hall–Kier alpha value is -3.64. The van der Waals surface area contributed by atoms with Gasteiger partial charge >= 0.3 is 12.4 Å². The summed E-state index contributed by atoms with van der Waals surface area (Å²) < 4.78 is 92.7. The number of benzene rings is 2. The van der Waals surface area contributed by atoms with Crippen molar-refractivity contribution in [1.29, 1.82) is 0 Å². The number of anilines is 1. The quantitative estimate of drug-likeness (QED) is 0.535. The molecule has 3 aromatic rings. The van der Waals surface area contributed by atoms with E-state index in [-0.39, 0.29) is 22.4 Å². The number of carbonyl (C=O) groups excluding carboxylic acids is 1. The summed E-state index contributed by atoms with van der Waals surface area (Å²) >= 11 is 0. The Bertz CT molecular complexity index is 1340. The van der Waals surface area contributed by atoms with Gasteiger partial charge in [-0.15, -0.1) is 0 Å². The summed E-state index contributed by atoms with van der Waals surface area (Å²) in [6, 6.07) is 4.04. The van der Waals surface area contributed by atoms with E-state index in [1.165, 1.54) is 0 Å². The number of amides is 1. The summed E-state index contributed by atoms with van der Waals surface area (Å²) in [5.41, 5.74) is -1.40. The second-order valence-corrected chi connectivity index (χ2v) is 8.03. The zero-order valence-electron chi connectivity index (χ0n) is 17.8. The zero-order valence-corrected chi connectivity index (χ0v) is 17.8. The topological polar surface area (TPSA) is 67.2 Å². The van der Waals surface area contributed by atoms with Gasteiger partial charge in [-0.25, -0.2) is 9.37 Å². The number of aromatic nitrogens is 2. The minimum Gasteiger partial charge on any atom is -0.341 e. The molecule has 35 heavy (non-hydrogen) atoms. The molecule has 2 aromatic carbocycles. The van der Waals surface area contributed by atoms with Gasteiger partial charge in [0.05, 0.1) is 28.5 Å². The minimum atomic E-state index is -4.83. The molecule has 1 saturated heterocycles. The van der Waals surface area contributed by atoms with Crippen molar-refractivity contribution in [3.05, 3.63) is 69.3 Å². The molecule has 4 rings (SSSR count). The molecule has 13 heteroatoms. The predicted molar refractivity (Wildman–Crippen MR) is 112 cm³/mol. The van der Waals surface area contributed by atoms with Gasteiger partial charge in [-0.05, 0) is 54.8 Å². The van der Waals surface area contributed by atoms with Gasteiger partial charge in [0, 0.05) is 13.1 Å². The van der Waals surface area contributed by atoms with Crippen LogP contribution in [0.25, 0.3) is 10.9 Å². The highest BCUT2D eigenvalue weighted by Gasteiger charge is 2.32. The molecule has 186 valence electrons. The maximum absolute atomic E-state index is 13.7. The van der Waals surface area contributed by atoms with E-state index >= 15 is 0 Å². The fourth-order valence-electron chi connectivity index (χ4n) is 3.85. The lowest BCUT2D eigenvalue weighted by Gasteiger charge is -2.22. The number of carbonyl (C=O) groups is 1. The fraction of sp³-hybridized carbons (Fsp3) is 0.318. The molecule has 0 saturated carbocycles. The molecule has 0 unspecified atom stereocenters. The third kappa shape index (κ3) is 5.23. The molecular weight excluding hydrogens is 485 g/mol. The molecule has 2 heterocycles. The van der Waals surface area contributed by atoms with Gasteiger partial charge in [-0.3, -0.25) is 15.0 Å². The van der Waals surface area contributed by atoms with Crippen LogP contribution in [0, 0.1) is 5.82 Å². The van der Waals surface area contributed by atoms with Crippen LogP contribution in [0.4, 0.5) is 36.7 Å². The summed E-state index contributed by atoms with van der Waals surface area (Å²) in [7, 11) is 0. The molecule has 0 bridgehead atoms. The van der Waals surface area contributed by atoms with Gasteiger partial charge in [-0.1, -0.05) is 0 Å². The molecule has 1 amide bonds. The molecule has 1 aromatic heterocycles. The molecule has 0 aliphatic carbocycles. The molecule has 1 aliphatic heterocycles.